The number of nitrogens with two attached hydrogens (primary N) is 1. The summed E-state index contributed by atoms with van der Waals surface area (Å²) in [6, 6.07) is 0. The molecule has 0 aromatic heterocycles. The third-order valence-corrected chi connectivity index (χ3v) is 1.74. The van der Waals surface area contributed by atoms with Gasteiger partial charge in [-0.25, -0.2) is 0 Å². The van der Waals surface area contributed by atoms with Crippen LogP contribution in [0, 0.1) is 0 Å². The Labute approximate surface area is 61.0 Å². The van der Waals surface area contributed by atoms with Crippen molar-refractivity contribution in [2.24, 2.45) is 5.73 Å². The molecule has 56 valence electrons. The summed E-state index contributed by atoms with van der Waals surface area (Å²) in [6.07, 6.45) is 4.14. The normalized spacial score (nSPS) is 33.1. The second kappa shape index (κ2) is 2.13. The Bertz CT molecular complexity index is 201. The minimum Gasteiger partial charge on any atom is -0.399 e. The van der Waals surface area contributed by atoms with E-state index in [1.54, 1.807) is 19.1 Å². The minimum absolute atomic E-state index is 0.648. The second-order valence-electron chi connectivity index (χ2n) is 3.10. The van der Waals surface area contributed by atoms with Crippen LogP contribution in [0.5, 0.6) is 0 Å². The summed E-state index contributed by atoms with van der Waals surface area (Å²) in [5, 5.41) is 9.49. The SMILES string of the molecule is CC1=C(N)C=CC(C)(O)C1. The van der Waals surface area contributed by atoms with Crippen LogP contribution in [0.25, 0.3) is 0 Å². The summed E-state index contributed by atoms with van der Waals surface area (Å²) in [4.78, 5) is 0. The highest BCUT2D eigenvalue weighted by molar-refractivity contribution is 5.30. The second-order valence-corrected chi connectivity index (χ2v) is 3.10. The number of rotatable bonds is 0. The van der Waals surface area contributed by atoms with E-state index >= 15 is 0 Å². The molecule has 0 heterocycles. The lowest BCUT2D eigenvalue weighted by atomic mass is 9.91. The highest BCUT2D eigenvalue weighted by Gasteiger charge is 2.20. The molecule has 0 bridgehead atoms. The zero-order chi connectivity index (χ0) is 7.78. The van der Waals surface area contributed by atoms with Crippen LogP contribution in [-0.2, 0) is 0 Å². The Kier molecular flexibility index (Phi) is 1.57. The van der Waals surface area contributed by atoms with Gasteiger partial charge in [0.05, 0.1) is 5.60 Å². The Morgan fingerprint density at radius 2 is 2.30 bits per heavy atom. The van der Waals surface area contributed by atoms with E-state index in [0.717, 1.165) is 11.3 Å². The van der Waals surface area contributed by atoms with Crippen molar-refractivity contribution in [1.82, 2.24) is 0 Å². The smallest absolute Gasteiger partial charge is 0.0841 e. The fraction of sp³-hybridized carbons (Fsp3) is 0.500. The number of allylic oxidation sites excluding steroid dienone is 1. The maximum Gasteiger partial charge on any atom is 0.0841 e. The zero-order valence-corrected chi connectivity index (χ0v) is 6.39. The summed E-state index contributed by atoms with van der Waals surface area (Å²) >= 11 is 0. The minimum atomic E-state index is -0.688. The molecule has 0 aliphatic heterocycles. The molecule has 0 saturated carbocycles. The Morgan fingerprint density at radius 3 is 2.70 bits per heavy atom. The van der Waals surface area contributed by atoms with Crippen LogP contribution < -0.4 is 5.73 Å². The van der Waals surface area contributed by atoms with Gasteiger partial charge in [-0.05, 0) is 25.5 Å². The van der Waals surface area contributed by atoms with Gasteiger partial charge in [-0.15, -0.1) is 0 Å². The molecule has 0 fully saturated rings. The summed E-state index contributed by atoms with van der Waals surface area (Å²) in [7, 11) is 0. The van der Waals surface area contributed by atoms with Crippen molar-refractivity contribution in [3.05, 3.63) is 23.4 Å². The third kappa shape index (κ3) is 1.39. The van der Waals surface area contributed by atoms with Gasteiger partial charge in [0.15, 0.2) is 0 Å². The molecule has 3 N–H and O–H groups in total. The lowest BCUT2D eigenvalue weighted by molar-refractivity contribution is 0.110. The summed E-state index contributed by atoms with van der Waals surface area (Å²) in [5.74, 6) is 0. The van der Waals surface area contributed by atoms with Gasteiger partial charge in [0, 0.05) is 12.1 Å². The van der Waals surface area contributed by atoms with E-state index in [9.17, 15) is 5.11 Å². The van der Waals surface area contributed by atoms with E-state index < -0.39 is 5.60 Å². The van der Waals surface area contributed by atoms with E-state index in [4.69, 9.17) is 5.73 Å². The first kappa shape index (κ1) is 7.35. The van der Waals surface area contributed by atoms with E-state index in [1.165, 1.54) is 0 Å². The van der Waals surface area contributed by atoms with Crippen LogP contribution in [-0.4, -0.2) is 10.7 Å². The maximum atomic E-state index is 9.49. The van der Waals surface area contributed by atoms with E-state index in [1.807, 2.05) is 6.92 Å². The van der Waals surface area contributed by atoms with Crippen molar-refractivity contribution in [3.8, 4) is 0 Å². The predicted octanol–water partition coefficient (Wildman–Crippen LogP) is 0.930. The Balaban J connectivity index is 2.85. The van der Waals surface area contributed by atoms with Crippen molar-refractivity contribution in [2.45, 2.75) is 25.9 Å². The fourth-order valence-electron chi connectivity index (χ4n) is 1.11. The molecule has 2 heteroatoms. The van der Waals surface area contributed by atoms with Crippen LogP contribution in [0.2, 0.25) is 0 Å². The fourth-order valence-corrected chi connectivity index (χ4v) is 1.11. The Hall–Kier alpha value is -0.760. The first-order chi connectivity index (χ1) is 4.51. The lowest BCUT2D eigenvalue weighted by Gasteiger charge is -2.23. The predicted molar refractivity (Wildman–Crippen MR) is 41.3 cm³/mol. The number of hydrogen-bond acceptors (Lipinski definition) is 2. The molecule has 10 heavy (non-hydrogen) atoms. The van der Waals surface area contributed by atoms with Gasteiger partial charge < -0.3 is 10.8 Å². The molecule has 1 atom stereocenters. The van der Waals surface area contributed by atoms with E-state index in [-0.39, 0.29) is 0 Å². The van der Waals surface area contributed by atoms with Crippen molar-refractivity contribution in [2.75, 3.05) is 0 Å². The van der Waals surface area contributed by atoms with Gasteiger partial charge in [-0.1, -0.05) is 6.08 Å². The largest absolute Gasteiger partial charge is 0.399 e. The lowest BCUT2D eigenvalue weighted by Crippen LogP contribution is -2.25. The Morgan fingerprint density at radius 1 is 1.70 bits per heavy atom. The molecular formula is C8H13NO. The molecule has 1 rings (SSSR count). The molecule has 0 aromatic rings. The molecular weight excluding hydrogens is 126 g/mol. The third-order valence-electron chi connectivity index (χ3n) is 1.74. The van der Waals surface area contributed by atoms with Gasteiger partial charge in [0.1, 0.15) is 0 Å². The van der Waals surface area contributed by atoms with Crippen LogP contribution in [0.15, 0.2) is 23.4 Å². The van der Waals surface area contributed by atoms with E-state index in [2.05, 4.69) is 0 Å². The number of aliphatic hydroxyl groups is 1. The quantitative estimate of drug-likeness (QED) is 0.524. The first-order valence-electron chi connectivity index (χ1n) is 3.38. The van der Waals surface area contributed by atoms with Gasteiger partial charge in [-0.2, -0.15) is 0 Å². The first-order valence-corrected chi connectivity index (χ1v) is 3.38. The van der Waals surface area contributed by atoms with Gasteiger partial charge in [0.25, 0.3) is 0 Å². The van der Waals surface area contributed by atoms with Gasteiger partial charge in [-0.3, -0.25) is 0 Å². The van der Waals surface area contributed by atoms with Crippen LogP contribution in [0.4, 0.5) is 0 Å². The molecule has 0 saturated heterocycles. The average Bonchev–Trinajstić information content (AvgIpc) is 1.79. The molecule has 1 aliphatic carbocycles. The number of hydrogen-bond donors (Lipinski definition) is 2. The van der Waals surface area contributed by atoms with Gasteiger partial charge >= 0.3 is 0 Å². The average molecular weight is 139 g/mol. The maximum absolute atomic E-state index is 9.49. The highest BCUT2D eigenvalue weighted by Crippen LogP contribution is 2.23. The molecule has 2 nitrogen and oxygen atoms in total. The molecule has 0 spiro atoms. The van der Waals surface area contributed by atoms with E-state index in [0.29, 0.717) is 6.42 Å². The molecule has 0 radical (unpaired) electrons. The van der Waals surface area contributed by atoms with Crippen molar-refractivity contribution < 1.29 is 5.11 Å². The monoisotopic (exact) mass is 139 g/mol. The zero-order valence-electron chi connectivity index (χ0n) is 6.39. The van der Waals surface area contributed by atoms with Crippen LogP contribution in [0.1, 0.15) is 20.3 Å². The summed E-state index contributed by atoms with van der Waals surface area (Å²) in [5.41, 5.74) is 6.74. The van der Waals surface area contributed by atoms with Crippen molar-refractivity contribution in [1.29, 1.82) is 0 Å². The molecule has 0 amide bonds. The summed E-state index contributed by atoms with van der Waals surface area (Å²) < 4.78 is 0. The van der Waals surface area contributed by atoms with Crippen molar-refractivity contribution >= 4 is 0 Å². The van der Waals surface area contributed by atoms with Crippen LogP contribution in [0.3, 0.4) is 0 Å². The summed E-state index contributed by atoms with van der Waals surface area (Å²) in [6.45, 7) is 3.72. The molecule has 1 aliphatic rings. The molecule has 0 aromatic carbocycles. The standard InChI is InChI=1S/C8H13NO/c1-6-5-8(2,10)4-3-7(6)9/h3-4,10H,5,9H2,1-2H3. The topological polar surface area (TPSA) is 46.2 Å². The van der Waals surface area contributed by atoms with Gasteiger partial charge in [0.2, 0.25) is 0 Å². The molecule has 1 unspecified atom stereocenters. The highest BCUT2D eigenvalue weighted by atomic mass is 16.3. The van der Waals surface area contributed by atoms with Crippen molar-refractivity contribution in [3.63, 3.8) is 0 Å². The van der Waals surface area contributed by atoms with Crippen LogP contribution >= 0.6 is 0 Å².